The van der Waals surface area contributed by atoms with Crippen molar-refractivity contribution in [2.45, 2.75) is 69.4 Å². The molecule has 1 aliphatic carbocycles. The number of nitrogens with zero attached hydrogens (tertiary/aromatic N) is 3. The van der Waals surface area contributed by atoms with Gasteiger partial charge >= 0.3 is 0 Å². The number of aromatic nitrogens is 3. The fourth-order valence-electron chi connectivity index (χ4n) is 1.87. The van der Waals surface area contributed by atoms with Crippen molar-refractivity contribution < 1.29 is 4.79 Å². The molecule has 6 heteroatoms. The standard InChI is InChI=1S/C13H22N4OS/c1-8(11(18)14-13(3,4)5)19-12-16-15-9(2)17(12)10-6-7-10/h8,10H,6-7H2,1-5H3,(H,14,18)/t8-/m0/s1. The molecular formula is C13H22N4OS. The first-order chi connectivity index (χ1) is 8.78. The van der Waals surface area contributed by atoms with Gasteiger partial charge in [-0.05, 0) is 47.5 Å². The highest BCUT2D eigenvalue weighted by Gasteiger charge is 2.30. The average Bonchev–Trinajstić information content (AvgIpc) is 3.02. The zero-order chi connectivity index (χ0) is 14.2. The summed E-state index contributed by atoms with van der Waals surface area (Å²) in [6, 6.07) is 0.537. The van der Waals surface area contributed by atoms with Crippen molar-refractivity contribution in [3.05, 3.63) is 5.82 Å². The minimum Gasteiger partial charge on any atom is -0.351 e. The highest BCUT2D eigenvalue weighted by molar-refractivity contribution is 8.00. The minimum atomic E-state index is -0.202. The third-order valence-corrected chi connectivity index (χ3v) is 3.95. The second-order valence-electron chi connectivity index (χ2n) is 6.13. The van der Waals surface area contributed by atoms with E-state index in [1.807, 2.05) is 34.6 Å². The van der Waals surface area contributed by atoms with Gasteiger partial charge in [0, 0.05) is 11.6 Å². The number of thioether (sulfide) groups is 1. The number of carbonyl (C=O) groups is 1. The summed E-state index contributed by atoms with van der Waals surface area (Å²) in [6.45, 7) is 9.83. The van der Waals surface area contributed by atoms with E-state index < -0.39 is 0 Å². The monoisotopic (exact) mass is 282 g/mol. The minimum absolute atomic E-state index is 0.0421. The van der Waals surface area contributed by atoms with Gasteiger partial charge in [0.1, 0.15) is 5.82 Å². The van der Waals surface area contributed by atoms with Gasteiger partial charge < -0.3 is 9.88 Å². The van der Waals surface area contributed by atoms with Crippen molar-refractivity contribution >= 4 is 17.7 Å². The van der Waals surface area contributed by atoms with Gasteiger partial charge in [0.05, 0.1) is 5.25 Å². The zero-order valence-corrected chi connectivity index (χ0v) is 13.0. The lowest BCUT2D eigenvalue weighted by atomic mass is 10.1. The summed E-state index contributed by atoms with van der Waals surface area (Å²) >= 11 is 1.49. The Morgan fingerprint density at radius 2 is 2.05 bits per heavy atom. The van der Waals surface area contributed by atoms with Crippen LogP contribution in [0.3, 0.4) is 0 Å². The maximum Gasteiger partial charge on any atom is 0.233 e. The molecule has 1 atom stereocenters. The number of nitrogens with one attached hydrogen (secondary N) is 1. The first-order valence-electron chi connectivity index (χ1n) is 6.68. The van der Waals surface area contributed by atoms with Gasteiger partial charge in [-0.3, -0.25) is 4.79 Å². The topological polar surface area (TPSA) is 59.8 Å². The van der Waals surface area contributed by atoms with Crippen molar-refractivity contribution in [1.29, 1.82) is 0 Å². The fourth-order valence-corrected chi connectivity index (χ4v) is 2.83. The maximum absolute atomic E-state index is 12.1. The molecule has 0 saturated heterocycles. The molecule has 2 rings (SSSR count). The van der Waals surface area contributed by atoms with Crippen LogP contribution in [0.4, 0.5) is 0 Å². The van der Waals surface area contributed by atoms with Crippen LogP contribution in [0.5, 0.6) is 0 Å². The molecular weight excluding hydrogens is 260 g/mol. The summed E-state index contributed by atoms with van der Waals surface area (Å²) in [5, 5.41) is 12.0. The van der Waals surface area contributed by atoms with Gasteiger partial charge in [-0.1, -0.05) is 11.8 Å². The van der Waals surface area contributed by atoms with Gasteiger partial charge in [0.2, 0.25) is 5.91 Å². The van der Waals surface area contributed by atoms with Crippen LogP contribution in [0.15, 0.2) is 5.16 Å². The Kier molecular flexibility index (Phi) is 3.90. The van der Waals surface area contributed by atoms with E-state index in [1.165, 1.54) is 24.6 Å². The van der Waals surface area contributed by atoms with Crippen LogP contribution in [0.1, 0.15) is 52.4 Å². The molecule has 0 spiro atoms. The van der Waals surface area contributed by atoms with Crippen LogP contribution in [0.25, 0.3) is 0 Å². The van der Waals surface area contributed by atoms with E-state index in [4.69, 9.17) is 0 Å². The molecule has 0 radical (unpaired) electrons. The smallest absolute Gasteiger partial charge is 0.233 e. The molecule has 1 N–H and O–H groups in total. The van der Waals surface area contributed by atoms with Crippen LogP contribution in [-0.4, -0.2) is 31.5 Å². The van der Waals surface area contributed by atoms with E-state index in [9.17, 15) is 4.79 Å². The zero-order valence-electron chi connectivity index (χ0n) is 12.2. The summed E-state index contributed by atoms with van der Waals surface area (Å²) in [7, 11) is 0. The summed E-state index contributed by atoms with van der Waals surface area (Å²) in [5.74, 6) is 0.980. The summed E-state index contributed by atoms with van der Waals surface area (Å²) < 4.78 is 2.16. The van der Waals surface area contributed by atoms with Crippen molar-refractivity contribution in [2.75, 3.05) is 0 Å². The van der Waals surface area contributed by atoms with Crippen LogP contribution >= 0.6 is 11.8 Å². The quantitative estimate of drug-likeness (QED) is 0.861. The Morgan fingerprint density at radius 3 is 2.58 bits per heavy atom. The Bertz CT molecular complexity index is 473. The average molecular weight is 282 g/mol. The lowest BCUT2D eigenvalue weighted by Gasteiger charge is -2.22. The van der Waals surface area contributed by atoms with E-state index in [1.54, 1.807) is 0 Å². The number of aryl methyl sites for hydroxylation is 1. The number of hydrogen-bond acceptors (Lipinski definition) is 4. The van der Waals surface area contributed by atoms with Crippen molar-refractivity contribution in [3.63, 3.8) is 0 Å². The predicted molar refractivity (Wildman–Crippen MR) is 76.2 cm³/mol. The molecule has 1 aliphatic rings. The SMILES string of the molecule is Cc1nnc(S[C@@H](C)C(=O)NC(C)(C)C)n1C1CC1. The van der Waals surface area contributed by atoms with Gasteiger partial charge in [-0.25, -0.2) is 0 Å². The molecule has 0 aliphatic heterocycles. The highest BCUT2D eigenvalue weighted by atomic mass is 32.2. The normalized spacial score (nSPS) is 17.3. The maximum atomic E-state index is 12.1. The van der Waals surface area contributed by atoms with Crippen LogP contribution in [0, 0.1) is 6.92 Å². The van der Waals surface area contributed by atoms with Crippen molar-refractivity contribution in [1.82, 2.24) is 20.1 Å². The molecule has 0 bridgehead atoms. The van der Waals surface area contributed by atoms with Crippen LogP contribution in [-0.2, 0) is 4.79 Å². The van der Waals surface area contributed by atoms with Gasteiger partial charge in [0.25, 0.3) is 0 Å². The molecule has 1 saturated carbocycles. The van der Waals surface area contributed by atoms with E-state index in [0.717, 1.165) is 11.0 Å². The summed E-state index contributed by atoms with van der Waals surface area (Å²) in [5.41, 5.74) is -0.202. The predicted octanol–water partition coefficient (Wildman–Crippen LogP) is 2.32. The molecule has 1 aromatic heterocycles. The van der Waals surface area contributed by atoms with Crippen molar-refractivity contribution in [3.8, 4) is 0 Å². The Balaban J connectivity index is 2.03. The van der Waals surface area contributed by atoms with Crippen LogP contribution < -0.4 is 5.32 Å². The van der Waals surface area contributed by atoms with Gasteiger partial charge in [0.15, 0.2) is 5.16 Å². The molecule has 19 heavy (non-hydrogen) atoms. The molecule has 0 unspecified atom stereocenters. The lowest BCUT2D eigenvalue weighted by Crippen LogP contribution is -2.44. The van der Waals surface area contributed by atoms with Crippen molar-refractivity contribution in [2.24, 2.45) is 0 Å². The first kappa shape index (κ1) is 14.4. The van der Waals surface area contributed by atoms with E-state index in [2.05, 4.69) is 20.1 Å². The Morgan fingerprint density at radius 1 is 1.42 bits per heavy atom. The molecule has 1 amide bonds. The van der Waals surface area contributed by atoms with E-state index >= 15 is 0 Å². The number of rotatable bonds is 4. The summed E-state index contributed by atoms with van der Waals surface area (Å²) in [4.78, 5) is 12.1. The second kappa shape index (κ2) is 5.15. The molecule has 0 aromatic carbocycles. The number of amides is 1. The third kappa shape index (κ3) is 3.72. The highest BCUT2D eigenvalue weighted by Crippen LogP contribution is 2.39. The van der Waals surface area contributed by atoms with Crippen LogP contribution in [0.2, 0.25) is 0 Å². The molecule has 106 valence electrons. The fraction of sp³-hybridized carbons (Fsp3) is 0.769. The molecule has 1 heterocycles. The lowest BCUT2D eigenvalue weighted by molar-refractivity contribution is -0.121. The van der Waals surface area contributed by atoms with Gasteiger partial charge in [-0.15, -0.1) is 10.2 Å². The van der Waals surface area contributed by atoms with E-state index in [0.29, 0.717) is 6.04 Å². The summed E-state index contributed by atoms with van der Waals surface area (Å²) in [6.07, 6.45) is 2.38. The second-order valence-corrected chi connectivity index (χ2v) is 7.44. The Labute approximate surface area is 118 Å². The third-order valence-electron chi connectivity index (χ3n) is 2.90. The molecule has 5 nitrogen and oxygen atoms in total. The molecule has 1 aromatic rings. The number of hydrogen-bond donors (Lipinski definition) is 1. The number of carbonyl (C=O) groups excluding carboxylic acids is 1. The van der Waals surface area contributed by atoms with E-state index in [-0.39, 0.29) is 16.7 Å². The van der Waals surface area contributed by atoms with Gasteiger partial charge in [-0.2, -0.15) is 0 Å². The molecule has 1 fully saturated rings. The largest absolute Gasteiger partial charge is 0.351 e. The Hall–Kier alpha value is -1.04. The first-order valence-corrected chi connectivity index (χ1v) is 7.56.